The van der Waals surface area contributed by atoms with Gasteiger partial charge in [0.2, 0.25) is 0 Å². The number of carbonyl (C=O) groups excluding carboxylic acids is 1. The molecular weight excluding hydrogens is 146 g/mol. The first-order valence-corrected chi connectivity index (χ1v) is 2.59. The molecular formula is C5H8F2O3. The van der Waals surface area contributed by atoms with Crippen LogP contribution in [0.25, 0.3) is 0 Å². The molecule has 0 fully saturated rings. The maximum absolute atomic E-state index is 11.3. The molecule has 0 aromatic heterocycles. The van der Waals surface area contributed by atoms with Gasteiger partial charge in [-0.05, 0) is 0 Å². The second-order valence-corrected chi connectivity index (χ2v) is 1.51. The van der Waals surface area contributed by atoms with E-state index in [1.807, 2.05) is 0 Å². The molecule has 0 radical (unpaired) electrons. The Kier molecular flexibility index (Phi) is 4.74. The minimum Gasteiger partial charge on any atom is -0.458 e. The summed E-state index contributed by atoms with van der Waals surface area (Å²) >= 11 is 0. The molecule has 5 heteroatoms. The van der Waals surface area contributed by atoms with E-state index in [-0.39, 0.29) is 6.61 Å². The van der Waals surface area contributed by atoms with Crippen LogP contribution in [0.3, 0.4) is 0 Å². The smallest absolute Gasteiger partial charge is 0.332 e. The molecule has 0 aliphatic rings. The van der Waals surface area contributed by atoms with Crippen molar-refractivity contribution in [3.05, 3.63) is 0 Å². The molecule has 0 aromatic rings. The van der Waals surface area contributed by atoms with Crippen LogP contribution in [-0.2, 0) is 14.3 Å². The van der Waals surface area contributed by atoms with E-state index in [2.05, 4.69) is 9.47 Å². The summed E-state index contributed by atoms with van der Waals surface area (Å²) in [6.45, 7) is -1.14. The SMILES string of the molecule is COCC(=O)OCC(F)F. The Labute approximate surface area is 56.9 Å². The molecule has 3 nitrogen and oxygen atoms in total. The maximum Gasteiger partial charge on any atom is 0.332 e. The van der Waals surface area contributed by atoms with Crippen molar-refractivity contribution in [2.24, 2.45) is 0 Å². The maximum atomic E-state index is 11.3. The Morgan fingerprint density at radius 2 is 2.20 bits per heavy atom. The highest BCUT2D eigenvalue weighted by Gasteiger charge is 2.06. The van der Waals surface area contributed by atoms with E-state index in [4.69, 9.17) is 0 Å². The van der Waals surface area contributed by atoms with E-state index >= 15 is 0 Å². The molecule has 0 aromatic carbocycles. The summed E-state index contributed by atoms with van der Waals surface area (Å²) in [5.41, 5.74) is 0. The van der Waals surface area contributed by atoms with Gasteiger partial charge in [0.15, 0.2) is 6.61 Å². The normalized spacial score (nSPS) is 10.0. The Hall–Kier alpha value is -0.710. The highest BCUT2D eigenvalue weighted by atomic mass is 19.3. The standard InChI is InChI=1S/C5H8F2O3/c1-9-3-5(8)10-2-4(6)7/h4H,2-3H2,1H3. The molecule has 0 N–H and O–H groups in total. The third-order valence-electron chi connectivity index (χ3n) is 0.632. The number of hydrogen-bond acceptors (Lipinski definition) is 3. The van der Waals surface area contributed by atoms with Crippen molar-refractivity contribution < 1.29 is 23.0 Å². The summed E-state index contributed by atoms with van der Waals surface area (Å²) in [7, 11) is 1.28. The Bertz CT molecular complexity index is 105. The van der Waals surface area contributed by atoms with E-state index in [9.17, 15) is 13.6 Å². The molecule has 0 atom stereocenters. The molecule has 0 spiro atoms. The van der Waals surface area contributed by atoms with Gasteiger partial charge in [0.25, 0.3) is 6.43 Å². The van der Waals surface area contributed by atoms with E-state index < -0.39 is 19.0 Å². The Morgan fingerprint density at radius 1 is 1.60 bits per heavy atom. The number of carbonyl (C=O) groups is 1. The number of hydrogen-bond donors (Lipinski definition) is 0. The number of methoxy groups -OCH3 is 1. The lowest BCUT2D eigenvalue weighted by molar-refractivity contribution is -0.151. The van der Waals surface area contributed by atoms with Gasteiger partial charge in [-0.25, -0.2) is 13.6 Å². The number of esters is 1. The zero-order chi connectivity index (χ0) is 7.98. The molecule has 0 saturated carbocycles. The minimum absolute atomic E-state index is 0.285. The van der Waals surface area contributed by atoms with Crippen LogP contribution < -0.4 is 0 Å². The molecule has 0 heterocycles. The van der Waals surface area contributed by atoms with E-state index in [1.165, 1.54) is 7.11 Å². The van der Waals surface area contributed by atoms with E-state index in [0.29, 0.717) is 0 Å². The third-order valence-corrected chi connectivity index (χ3v) is 0.632. The van der Waals surface area contributed by atoms with E-state index in [1.54, 1.807) is 0 Å². The van der Waals surface area contributed by atoms with Gasteiger partial charge >= 0.3 is 5.97 Å². The van der Waals surface area contributed by atoms with Gasteiger partial charge in [-0.2, -0.15) is 0 Å². The highest BCUT2D eigenvalue weighted by Crippen LogP contribution is 1.92. The fourth-order valence-electron chi connectivity index (χ4n) is 0.315. The van der Waals surface area contributed by atoms with Crippen LogP contribution in [0.5, 0.6) is 0 Å². The second-order valence-electron chi connectivity index (χ2n) is 1.51. The zero-order valence-corrected chi connectivity index (χ0v) is 5.47. The fraction of sp³-hybridized carbons (Fsp3) is 0.800. The molecule has 0 bridgehead atoms. The number of ether oxygens (including phenoxy) is 2. The van der Waals surface area contributed by atoms with E-state index in [0.717, 1.165) is 0 Å². The van der Waals surface area contributed by atoms with Crippen LogP contribution in [0.15, 0.2) is 0 Å². The van der Waals surface area contributed by atoms with Crippen LogP contribution >= 0.6 is 0 Å². The highest BCUT2D eigenvalue weighted by molar-refractivity contribution is 5.70. The summed E-state index contributed by atoms with van der Waals surface area (Å²) in [5.74, 6) is -0.775. The molecule has 0 amide bonds. The molecule has 0 aliphatic carbocycles. The number of rotatable bonds is 4. The first-order chi connectivity index (χ1) is 4.66. The molecule has 10 heavy (non-hydrogen) atoms. The van der Waals surface area contributed by atoms with Crippen molar-refractivity contribution in [2.75, 3.05) is 20.3 Å². The van der Waals surface area contributed by atoms with Crippen LogP contribution in [0.2, 0.25) is 0 Å². The summed E-state index contributed by atoms with van der Waals surface area (Å²) in [4.78, 5) is 10.3. The predicted octanol–water partition coefficient (Wildman–Crippen LogP) is 0.441. The van der Waals surface area contributed by atoms with Gasteiger partial charge < -0.3 is 9.47 Å². The van der Waals surface area contributed by atoms with Crippen LogP contribution in [0, 0.1) is 0 Å². The number of halogens is 2. The molecule has 60 valence electrons. The first-order valence-electron chi connectivity index (χ1n) is 2.59. The van der Waals surface area contributed by atoms with Crippen molar-refractivity contribution in [1.29, 1.82) is 0 Å². The Balaban J connectivity index is 3.22. The van der Waals surface area contributed by atoms with Crippen LogP contribution in [0.1, 0.15) is 0 Å². The van der Waals surface area contributed by atoms with Gasteiger partial charge in [0, 0.05) is 7.11 Å². The average molecular weight is 154 g/mol. The summed E-state index contributed by atoms with van der Waals surface area (Å²) < 4.78 is 31.0. The number of alkyl halides is 2. The minimum atomic E-state index is -2.61. The second kappa shape index (κ2) is 5.10. The third kappa shape index (κ3) is 5.43. The molecule has 0 rings (SSSR count). The quantitative estimate of drug-likeness (QED) is 0.551. The zero-order valence-electron chi connectivity index (χ0n) is 5.47. The van der Waals surface area contributed by atoms with Crippen molar-refractivity contribution in [2.45, 2.75) is 6.43 Å². The average Bonchev–Trinajstić information content (AvgIpc) is 1.85. The van der Waals surface area contributed by atoms with Crippen LogP contribution in [-0.4, -0.2) is 32.7 Å². The summed E-state index contributed by atoms with van der Waals surface area (Å²) in [5, 5.41) is 0. The lowest BCUT2D eigenvalue weighted by atomic mass is 10.7. The first kappa shape index (κ1) is 9.29. The Morgan fingerprint density at radius 3 is 2.60 bits per heavy atom. The topological polar surface area (TPSA) is 35.5 Å². The van der Waals surface area contributed by atoms with Crippen molar-refractivity contribution in [3.8, 4) is 0 Å². The lowest BCUT2D eigenvalue weighted by Gasteiger charge is -2.01. The summed E-state index contributed by atoms with van der Waals surface area (Å²) in [6.07, 6.45) is -2.61. The van der Waals surface area contributed by atoms with Crippen LogP contribution in [0.4, 0.5) is 8.78 Å². The fourth-order valence-corrected chi connectivity index (χ4v) is 0.315. The van der Waals surface area contributed by atoms with Gasteiger partial charge in [0.1, 0.15) is 6.61 Å². The molecule has 0 aliphatic heterocycles. The van der Waals surface area contributed by atoms with Gasteiger partial charge in [-0.1, -0.05) is 0 Å². The summed E-state index contributed by atoms with van der Waals surface area (Å²) in [6, 6.07) is 0. The largest absolute Gasteiger partial charge is 0.458 e. The van der Waals surface area contributed by atoms with Gasteiger partial charge in [0.05, 0.1) is 0 Å². The van der Waals surface area contributed by atoms with Gasteiger partial charge in [-0.3, -0.25) is 0 Å². The lowest BCUT2D eigenvalue weighted by Crippen LogP contribution is -2.15. The van der Waals surface area contributed by atoms with Gasteiger partial charge in [-0.15, -0.1) is 0 Å². The monoisotopic (exact) mass is 154 g/mol. The molecule has 0 unspecified atom stereocenters. The van der Waals surface area contributed by atoms with Crippen molar-refractivity contribution >= 4 is 5.97 Å². The molecule has 0 saturated heterocycles. The van der Waals surface area contributed by atoms with Crippen molar-refractivity contribution in [3.63, 3.8) is 0 Å². The van der Waals surface area contributed by atoms with Crippen molar-refractivity contribution in [1.82, 2.24) is 0 Å². The predicted molar refractivity (Wildman–Crippen MR) is 28.8 cm³/mol.